The van der Waals surface area contributed by atoms with Gasteiger partial charge in [-0.3, -0.25) is 10.1 Å². The molecule has 5 rings (SSSR count). The average Bonchev–Trinajstić information content (AvgIpc) is 3.27. The maximum Gasteiger partial charge on any atom is 0.118 e. The zero-order valence-electron chi connectivity index (χ0n) is 19.6. The van der Waals surface area contributed by atoms with Crippen LogP contribution in [0.3, 0.4) is 0 Å². The number of anilines is 2. The fourth-order valence-corrected chi connectivity index (χ4v) is 4.65. The molecule has 5 heteroatoms. The van der Waals surface area contributed by atoms with Crippen LogP contribution in [0.1, 0.15) is 22.4 Å². The van der Waals surface area contributed by atoms with Gasteiger partial charge in [0.1, 0.15) is 5.69 Å². The predicted octanol–water partition coefficient (Wildman–Crippen LogP) is 5.16. The minimum absolute atomic E-state index is 0.307. The lowest BCUT2D eigenvalue weighted by Crippen LogP contribution is -2.31. The molecule has 1 aliphatic carbocycles. The molecule has 0 spiro atoms. The number of nitrogens with one attached hydrogen (secondary N) is 1. The number of allylic oxidation sites excluding steroid dienone is 1. The molecule has 0 fully saturated rings. The fourth-order valence-electron chi connectivity index (χ4n) is 4.65. The molecular formula is C28H29N5. The average molecular weight is 436 g/mol. The molecule has 0 atom stereocenters. The number of H-pyrrole nitrogens is 1. The molecule has 4 aromatic rings. The Balaban J connectivity index is 1.68. The molecule has 0 unspecified atom stereocenters. The molecule has 1 aliphatic rings. The normalized spacial score (nSPS) is 14.1. The third kappa shape index (κ3) is 3.69. The number of aromatic nitrogens is 3. The number of fused-ring (bicyclic) bond motifs is 1. The Bertz CT molecular complexity index is 1250. The second-order valence-electron chi connectivity index (χ2n) is 9.05. The Morgan fingerprint density at radius 1 is 0.818 bits per heavy atom. The first kappa shape index (κ1) is 21.0. The molecule has 0 bridgehead atoms. The Labute approximate surface area is 195 Å². The summed E-state index contributed by atoms with van der Waals surface area (Å²) in [6, 6.07) is 23.6. The van der Waals surface area contributed by atoms with E-state index in [1.807, 2.05) is 24.4 Å². The van der Waals surface area contributed by atoms with Gasteiger partial charge in [0, 0.05) is 68.9 Å². The minimum Gasteiger partial charge on any atom is -0.378 e. The first-order valence-electron chi connectivity index (χ1n) is 11.2. The smallest absolute Gasteiger partial charge is 0.118 e. The van der Waals surface area contributed by atoms with E-state index in [0.717, 1.165) is 29.1 Å². The topological polar surface area (TPSA) is 48.1 Å². The summed E-state index contributed by atoms with van der Waals surface area (Å²) in [7, 11) is 8.34. The summed E-state index contributed by atoms with van der Waals surface area (Å²) in [5.74, 6) is 0. The molecule has 2 heterocycles. The summed E-state index contributed by atoms with van der Waals surface area (Å²) < 4.78 is 0. The minimum atomic E-state index is -0.307. The van der Waals surface area contributed by atoms with Gasteiger partial charge in [0.2, 0.25) is 0 Å². The highest BCUT2D eigenvalue weighted by Gasteiger charge is 2.37. The van der Waals surface area contributed by atoms with Crippen LogP contribution in [0.2, 0.25) is 0 Å². The van der Waals surface area contributed by atoms with E-state index in [-0.39, 0.29) is 5.41 Å². The second-order valence-corrected chi connectivity index (χ2v) is 9.05. The molecule has 2 aromatic carbocycles. The van der Waals surface area contributed by atoms with E-state index < -0.39 is 0 Å². The predicted molar refractivity (Wildman–Crippen MR) is 137 cm³/mol. The van der Waals surface area contributed by atoms with Crippen LogP contribution in [0.5, 0.6) is 0 Å². The van der Waals surface area contributed by atoms with Gasteiger partial charge in [0.25, 0.3) is 0 Å². The van der Waals surface area contributed by atoms with Gasteiger partial charge in [0.05, 0.1) is 5.69 Å². The van der Waals surface area contributed by atoms with Crippen molar-refractivity contribution in [2.45, 2.75) is 11.8 Å². The molecule has 166 valence electrons. The summed E-state index contributed by atoms with van der Waals surface area (Å²) in [5.41, 5.74) is 8.64. The van der Waals surface area contributed by atoms with Gasteiger partial charge in [-0.05, 0) is 47.5 Å². The number of hydrogen-bond donors (Lipinski definition) is 1. The van der Waals surface area contributed by atoms with Crippen LogP contribution in [0, 0.1) is 0 Å². The van der Waals surface area contributed by atoms with Crippen LogP contribution in [0.4, 0.5) is 11.4 Å². The molecule has 0 saturated heterocycles. The van der Waals surface area contributed by atoms with E-state index in [2.05, 4.69) is 114 Å². The van der Waals surface area contributed by atoms with E-state index >= 15 is 0 Å². The zero-order chi connectivity index (χ0) is 23.0. The van der Waals surface area contributed by atoms with E-state index in [0.29, 0.717) is 0 Å². The Morgan fingerprint density at radius 3 is 2.06 bits per heavy atom. The molecular weight excluding hydrogens is 406 g/mol. The monoisotopic (exact) mass is 435 g/mol. The maximum absolute atomic E-state index is 4.66. The standard InChI is InChI=1S/C28H29N5/c1-32(2)22-11-7-9-20(17-22)28(21-10-8-12-23(18-21)33(3)4)15-14-24-26(19-28)30-31-27(24)25-13-5-6-16-29-25/h5-18H,19H2,1-4H3,(H,30,31). The lowest BCUT2D eigenvalue weighted by molar-refractivity contribution is 0.620. The van der Waals surface area contributed by atoms with E-state index in [1.54, 1.807) is 0 Å². The molecule has 2 aromatic heterocycles. The molecule has 0 radical (unpaired) electrons. The summed E-state index contributed by atoms with van der Waals surface area (Å²) in [4.78, 5) is 8.82. The molecule has 0 aliphatic heterocycles. The summed E-state index contributed by atoms with van der Waals surface area (Å²) in [6.45, 7) is 0. The highest BCUT2D eigenvalue weighted by Crippen LogP contribution is 2.44. The third-order valence-corrected chi connectivity index (χ3v) is 6.54. The number of pyridine rings is 1. The summed E-state index contributed by atoms with van der Waals surface area (Å²) >= 11 is 0. The molecule has 5 nitrogen and oxygen atoms in total. The number of aromatic amines is 1. The van der Waals surface area contributed by atoms with Crippen LogP contribution >= 0.6 is 0 Å². The van der Waals surface area contributed by atoms with Crippen LogP contribution in [-0.2, 0) is 11.8 Å². The van der Waals surface area contributed by atoms with Crippen molar-refractivity contribution in [1.29, 1.82) is 0 Å². The van der Waals surface area contributed by atoms with Gasteiger partial charge < -0.3 is 9.80 Å². The first-order chi connectivity index (χ1) is 16.0. The van der Waals surface area contributed by atoms with Gasteiger partial charge in [-0.2, -0.15) is 5.10 Å². The molecule has 0 saturated carbocycles. The SMILES string of the molecule is CN(C)c1cccc(C2(c3cccc(N(C)C)c3)C=Cc3c(-c4ccccn4)n[nH]c3C2)c1. The van der Waals surface area contributed by atoms with Crippen molar-refractivity contribution in [2.75, 3.05) is 38.0 Å². The zero-order valence-corrected chi connectivity index (χ0v) is 19.6. The van der Waals surface area contributed by atoms with Crippen LogP contribution in [-0.4, -0.2) is 43.4 Å². The Morgan fingerprint density at radius 2 is 1.48 bits per heavy atom. The summed E-state index contributed by atoms with van der Waals surface area (Å²) in [5, 5.41) is 7.99. The van der Waals surface area contributed by atoms with Gasteiger partial charge >= 0.3 is 0 Å². The molecule has 33 heavy (non-hydrogen) atoms. The largest absolute Gasteiger partial charge is 0.378 e. The number of nitrogens with zero attached hydrogens (tertiary/aromatic N) is 4. The quantitative estimate of drug-likeness (QED) is 0.470. The van der Waals surface area contributed by atoms with Gasteiger partial charge in [-0.1, -0.05) is 42.5 Å². The third-order valence-electron chi connectivity index (χ3n) is 6.54. The van der Waals surface area contributed by atoms with Crippen molar-refractivity contribution in [3.8, 4) is 11.4 Å². The van der Waals surface area contributed by atoms with E-state index in [9.17, 15) is 0 Å². The van der Waals surface area contributed by atoms with Crippen molar-refractivity contribution >= 4 is 17.5 Å². The van der Waals surface area contributed by atoms with Gasteiger partial charge in [-0.15, -0.1) is 0 Å². The Hall–Kier alpha value is -3.86. The van der Waals surface area contributed by atoms with Crippen molar-refractivity contribution in [3.63, 3.8) is 0 Å². The van der Waals surface area contributed by atoms with Crippen LogP contribution in [0.15, 0.2) is 79.0 Å². The van der Waals surface area contributed by atoms with Crippen molar-refractivity contribution < 1.29 is 0 Å². The highest BCUT2D eigenvalue weighted by atomic mass is 15.1. The highest BCUT2D eigenvalue weighted by molar-refractivity contribution is 5.75. The molecule has 1 N–H and O–H groups in total. The Kier molecular flexibility index (Phi) is 5.25. The van der Waals surface area contributed by atoms with Gasteiger partial charge in [-0.25, -0.2) is 0 Å². The maximum atomic E-state index is 4.66. The molecule has 0 amide bonds. The van der Waals surface area contributed by atoms with Crippen molar-refractivity contribution in [1.82, 2.24) is 15.2 Å². The first-order valence-corrected chi connectivity index (χ1v) is 11.2. The van der Waals surface area contributed by atoms with Crippen molar-refractivity contribution in [2.24, 2.45) is 0 Å². The van der Waals surface area contributed by atoms with Crippen LogP contribution < -0.4 is 9.80 Å². The van der Waals surface area contributed by atoms with Crippen molar-refractivity contribution in [3.05, 3.63) is 101 Å². The van der Waals surface area contributed by atoms with E-state index in [1.165, 1.54) is 22.5 Å². The lowest BCUT2D eigenvalue weighted by Gasteiger charge is -2.35. The van der Waals surface area contributed by atoms with Crippen LogP contribution in [0.25, 0.3) is 17.5 Å². The van der Waals surface area contributed by atoms with E-state index in [4.69, 9.17) is 0 Å². The lowest BCUT2D eigenvalue weighted by atomic mass is 9.68. The van der Waals surface area contributed by atoms with Gasteiger partial charge in [0.15, 0.2) is 0 Å². The fraction of sp³-hybridized carbons (Fsp3) is 0.214. The number of hydrogen-bond acceptors (Lipinski definition) is 4. The second kappa shape index (κ2) is 8.24. The number of rotatable bonds is 5. The number of benzene rings is 2. The summed E-state index contributed by atoms with van der Waals surface area (Å²) in [6.07, 6.45) is 7.18.